The molecule has 1 aromatic carbocycles. The summed E-state index contributed by atoms with van der Waals surface area (Å²) < 4.78 is 0. The topological polar surface area (TPSA) is 53.1 Å². The van der Waals surface area contributed by atoms with Gasteiger partial charge < -0.3 is 15.5 Å². The minimum Gasteiger partial charge on any atom is -0.369 e. The number of nitrogens with one attached hydrogen (secondary N) is 2. The molecular formula is C16H23N5. The van der Waals surface area contributed by atoms with Crippen molar-refractivity contribution in [2.45, 2.75) is 13.8 Å². The summed E-state index contributed by atoms with van der Waals surface area (Å²) in [5.41, 5.74) is 3.53. The zero-order chi connectivity index (χ0) is 15.2. The van der Waals surface area contributed by atoms with Gasteiger partial charge in [-0.25, -0.2) is 9.97 Å². The van der Waals surface area contributed by atoms with Crippen molar-refractivity contribution in [3.05, 3.63) is 41.7 Å². The van der Waals surface area contributed by atoms with Crippen LogP contribution < -0.4 is 10.6 Å². The van der Waals surface area contributed by atoms with Gasteiger partial charge in [-0.05, 0) is 39.6 Å². The largest absolute Gasteiger partial charge is 0.369 e. The highest BCUT2D eigenvalue weighted by molar-refractivity contribution is 5.62. The number of likely N-dealkylation sites (N-methyl/N-ethyl adjacent to an activating group) is 1. The maximum absolute atomic E-state index is 4.27. The molecule has 0 amide bonds. The van der Waals surface area contributed by atoms with Gasteiger partial charge in [-0.1, -0.05) is 17.7 Å². The molecule has 0 unspecified atom stereocenters. The molecule has 0 fully saturated rings. The first-order valence-electron chi connectivity index (χ1n) is 7.09. The predicted octanol–water partition coefficient (Wildman–Crippen LogP) is 2.81. The van der Waals surface area contributed by atoms with Gasteiger partial charge in [0, 0.05) is 24.8 Å². The number of nitrogens with zero attached hydrogens (tertiary/aromatic N) is 3. The van der Waals surface area contributed by atoms with Crippen molar-refractivity contribution in [1.82, 2.24) is 14.9 Å². The molecule has 0 saturated carbocycles. The molecule has 2 N–H and O–H groups in total. The molecule has 2 rings (SSSR count). The van der Waals surface area contributed by atoms with E-state index in [-0.39, 0.29) is 0 Å². The highest BCUT2D eigenvalue weighted by atomic mass is 15.1. The Bertz CT molecular complexity index is 595. The molecular weight excluding hydrogens is 262 g/mol. The third-order valence-corrected chi connectivity index (χ3v) is 3.18. The lowest BCUT2D eigenvalue weighted by atomic mass is 10.1. The highest BCUT2D eigenvalue weighted by Gasteiger charge is 2.02. The number of hydrogen-bond donors (Lipinski definition) is 2. The molecule has 2 aromatic rings. The first kappa shape index (κ1) is 15.3. The summed E-state index contributed by atoms with van der Waals surface area (Å²) in [6.07, 6.45) is 1.57. The molecule has 0 saturated heterocycles. The van der Waals surface area contributed by atoms with Crippen LogP contribution in [0.3, 0.4) is 0 Å². The quantitative estimate of drug-likeness (QED) is 0.855. The SMILES string of the molecule is Cc1ccc(Nc2cc(NCCN(C)C)ncn2)c(C)c1. The standard InChI is InChI=1S/C16H23N5/c1-12-5-6-14(13(2)9-12)20-16-10-15(18-11-19-16)17-7-8-21(3)4/h5-6,9-11H,7-8H2,1-4H3,(H2,17,18,19,20). The van der Waals surface area contributed by atoms with Crippen LogP contribution in [0.4, 0.5) is 17.3 Å². The molecule has 112 valence electrons. The third-order valence-electron chi connectivity index (χ3n) is 3.18. The third kappa shape index (κ3) is 4.72. The number of rotatable bonds is 6. The van der Waals surface area contributed by atoms with Crippen molar-refractivity contribution >= 4 is 17.3 Å². The predicted molar refractivity (Wildman–Crippen MR) is 88.3 cm³/mol. The van der Waals surface area contributed by atoms with Crippen molar-refractivity contribution in [1.29, 1.82) is 0 Å². The van der Waals surface area contributed by atoms with E-state index in [1.807, 2.05) is 6.07 Å². The average Bonchev–Trinajstić information content (AvgIpc) is 2.42. The maximum atomic E-state index is 4.27. The van der Waals surface area contributed by atoms with E-state index in [0.717, 1.165) is 30.4 Å². The molecule has 1 heterocycles. The summed E-state index contributed by atoms with van der Waals surface area (Å²) in [5, 5.41) is 6.63. The first-order chi connectivity index (χ1) is 10.0. The van der Waals surface area contributed by atoms with Crippen molar-refractivity contribution in [3.63, 3.8) is 0 Å². The molecule has 0 atom stereocenters. The molecule has 0 aliphatic rings. The van der Waals surface area contributed by atoms with Gasteiger partial charge in [-0.2, -0.15) is 0 Å². The van der Waals surface area contributed by atoms with E-state index in [0.29, 0.717) is 0 Å². The van der Waals surface area contributed by atoms with E-state index in [1.54, 1.807) is 6.33 Å². The fourth-order valence-corrected chi connectivity index (χ4v) is 2.02. The maximum Gasteiger partial charge on any atom is 0.135 e. The molecule has 5 nitrogen and oxygen atoms in total. The Balaban J connectivity index is 2.03. The summed E-state index contributed by atoms with van der Waals surface area (Å²) in [6.45, 7) is 6.00. The monoisotopic (exact) mass is 285 g/mol. The average molecular weight is 285 g/mol. The van der Waals surface area contributed by atoms with E-state index in [9.17, 15) is 0 Å². The van der Waals surface area contributed by atoms with E-state index in [1.165, 1.54) is 11.1 Å². The van der Waals surface area contributed by atoms with Crippen LogP contribution in [0, 0.1) is 13.8 Å². The van der Waals surface area contributed by atoms with Crippen LogP contribution in [-0.4, -0.2) is 42.1 Å². The summed E-state index contributed by atoms with van der Waals surface area (Å²) >= 11 is 0. The summed E-state index contributed by atoms with van der Waals surface area (Å²) in [5.74, 6) is 1.63. The van der Waals surface area contributed by atoms with Gasteiger partial charge in [0.25, 0.3) is 0 Å². The second-order valence-corrected chi connectivity index (χ2v) is 5.46. The van der Waals surface area contributed by atoms with Gasteiger partial charge in [0.2, 0.25) is 0 Å². The summed E-state index contributed by atoms with van der Waals surface area (Å²) in [4.78, 5) is 10.6. The van der Waals surface area contributed by atoms with E-state index >= 15 is 0 Å². The van der Waals surface area contributed by atoms with Crippen molar-refractivity contribution < 1.29 is 0 Å². The molecule has 0 radical (unpaired) electrons. The van der Waals surface area contributed by atoms with Gasteiger partial charge in [0.05, 0.1) is 0 Å². The minimum absolute atomic E-state index is 0.796. The zero-order valence-electron chi connectivity index (χ0n) is 13.1. The zero-order valence-corrected chi connectivity index (χ0v) is 13.1. The van der Waals surface area contributed by atoms with Crippen molar-refractivity contribution in [3.8, 4) is 0 Å². The number of benzene rings is 1. The summed E-state index contributed by atoms with van der Waals surface area (Å²) in [7, 11) is 4.10. The molecule has 5 heteroatoms. The van der Waals surface area contributed by atoms with Gasteiger partial charge in [-0.15, -0.1) is 0 Å². The lowest BCUT2D eigenvalue weighted by Gasteiger charge is -2.12. The molecule has 0 spiro atoms. The molecule has 0 aliphatic carbocycles. The van der Waals surface area contributed by atoms with Crippen LogP contribution in [0.2, 0.25) is 0 Å². The van der Waals surface area contributed by atoms with Crippen LogP contribution in [0.5, 0.6) is 0 Å². The second-order valence-electron chi connectivity index (χ2n) is 5.46. The van der Waals surface area contributed by atoms with Gasteiger partial charge >= 0.3 is 0 Å². The minimum atomic E-state index is 0.796. The van der Waals surface area contributed by atoms with Crippen LogP contribution >= 0.6 is 0 Å². The molecule has 0 bridgehead atoms. The van der Waals surface area contributed by atoms with Crippen molar-refractivity contribution in [2.75, 3.05) is 37.8 Å². The Morgan fingerprint density at radius 1 is 1.05 bits per heavy atom. The van der Waals surface area contributed by atoms with Gasteiger partial charge in [-0.3, -0.25) is 0 Å². The Hall–Kier alpha value is -2.14. The normalized spacial score (nSPS) is 10.7. The van der Waals surface area contributed by atoms with Crippen LogP contribution in [-0.2, 0) is 0 Å². The van der Waals surface area contributed by atoms with Gasteiger partial charge in [0.15, 0.2) is 0 Å². The smallest absolute Gasteiger partial charge is 0.135 e. The van der Waals surface area contributed by atoms with E-state index in [2.05, 4.69) is 71.6 Å². The second kappa shape index (κ2) is 7.04. The van der Waals surface area contributed by atoms with Crippen molar-refractivity contribution in [2.24, 2.45) is 0 Å². The Morgan fingerprint density at radius 2 is 1.81 bits per heavy atom. The fourth-order valence-electron chi connectivity index (χ4n) is 2.02. The van der Waals surface area contributed by atoms with Crippen LogP contribution in [0.25, 0.3) is 0 Å². The Morgan fingerprint density at radius 3 is 2.52 bits per heavy atom. The summed E-state index contributed by atoms with van der Waals surface area (Å²) in [6, 6.07) is 8.24. The fraction of sp³-hybridized carbons (Fsp3) is 0.375. The van der Waals surface area contributed by atoms with Gasteiger partial charge in [0.1, 0.15) is 18.0 Å². The van der Waals surface area contributed by atoms with Crippen LogP contribution in [0.1, 0.15) is 11.1 Å². The number of hydrogen-bond acceptors (Lipinski definition) is 5. The van der Waals surface area contributed by atoms with Crippen LogP contribution in [0.15, 0.2) is 30.6 Å². The molecule has 1 aromatic heterocycles. The Labute approximate surface area is 126 Å². The molecule has 0 aliphatic heterocycles. The molecule has 21 heavy (non-hydrogen) atoms. The number of aromatic nitrogens is 2. The number of aryl methyl sites for hydroxylation is 2. The lowest BCUT2D eigenvalue weighted by molar-refractivity contribution is 0.425. The first-order valence-corrected chi connectivity index (χ1v) is 7.09. The van der Waals surface area contributed by atoms with E-state index in [4.69, 9.17) is 0 Å². The van der Waals surface area contributed by atoms with E-state index < -0.39 is 0 Å². The Kier molecular flexibility index (Phi) is 5.11. The lowest BCUT2D eigenvalue weighted by Crippen LogP contribution is -2.21. The number of anilines is 3. The highest BCUT2D eigenvalue weighted by Crippen LogP contribution is 2.21.